The first-order valence-corrected chi connectivity index (χ1v) is 9.64. The summed E-state index contributed by atoms with van der Waals surface area (Å²) < 4.78 is 26.6. The predicted molar refractivity (Wildman–Crippen MR) is 100 cm³/mol. The lowest BCUT2D eigenvalue weighted by Gasteiger charge is -2.36. The molecule has 1 unspecified atom stereocenters. The number of halogens is 2. The number of hydrogen-bond acceptors (Lipinski definition) is 2. The van der Waals surface area contributed by atoms with Crippen molar-refractivity contribution in [2.24, 2.45) is 5.92 Å². The summed E-state index contributed by atoms with van der Waals surface area (Å²) in [5.41, 5.74) is 3.27. The molecule has 2 aliphatic rings. The maximum atomic E-state index is 13.6. The summed E-state index contributed by atoms with van der Waals surface area (Å²) in [6.07, 6.45) is 3.66. The van der Waals surface area contributed by atoms with Gasteiger partial charge in [0, 0.05) is 18.5 Å². The fourth-order valence-electron chi connectivity index (χ4n) is 4.34. The average Bonchev–Trinajstić information content (AvgIpc) is 3.10. The largest absolute Gasteiger partial charge is 0.352 e. The van der Waals surface area contributed by atoms with E-state index in [2.05, 4.69) is 10.2 Å². The summed E-state index contributed by atoms with van der Waals surface area (Å²) in [5.74, 6) is -0.367. The van der Waals surface area contributed by atoms with Crippen LogP contribution < -0.4 is 5.32 Å². The number of aryl methyl sites for hydroxylation is 1. The number of carbonyl (C=O) groups excluding carboxylic acids is 1. The number of rotatable bonds is 4. The predicted octanol–water partition coefficient (Wildman–Crippen LogP) is 3.98. The number of hydrogen-bond donors (Lipinski definition) is 1. The van der Waals surface area contributed by atoms with Crippen LogP contribution in [0.2, 0.25) is 0 Å². The monoisotopic (exact) mass is 370 g/mol. The van der Waals surface area contributed by atoms with Crippen molar-refractivity contribution in [3.8, 4) is 0 Å². The maximum Gasteiger partial charge on any atom is 0.223 e. The minimum Gasteiger partial charge on any atom is -0.352 e. The molecule has 1 amide bonds. The minimum atomic E-state index is -0.272. The molecule has 0 saturated carbocycles. The molecule has 0 radical (unpaired) electrons. The van der Waals surface area contributed by atoms with Crippen LogP contribution in [0.3, 0.4) is 0 Å². The van der Waals surface area contributed by atoms with E-state index in [-0.39, 0.29) is 29.5 Å². The standard InChI is InChI=1S/C22H24F2N2O/c23-18-5-1-15(2-6-18)14-25-22(27)17-9-11-26(12-10-17)21-8-4-16-3-7-19(24)13-20(16)21/h1-3,5-7,13,17,21H,4,8-12,14H2,(H,25,27). The first kappa shape index (κ1) is 18.1. The van der Waals surface area contributed by atoms with Gasteiger partial charge in [-0.1, -0.05) is 18.2 Å². The first-order valence-electron chi connectivity index (χ1n) is 9.64. The van der Waals surface area contributed by atoms with E-state index in [1.165, 1.54) is 17.7 Å². The Kier molecular flexibility index (Phi) is 5.21. The maximum absolute atomic E-state index is 13.6. The second-order valence-corrected chi connectivity index (χ2v) is 7.55. The van der Waals surface area contributed by atoms with Gasteiger partial charge in [-0.25, -0.2) is 8.78 Å². The van der Waals surface area contributed by atoms with Crippen LogP contribution in [-0.2, 0) is 17.8 Å². The van der Waals surface area contributed by atoms with E-state index in [1.807, 2.05) is 6.07 Å². The summed E-state index contributed by atoms with van der Waals surface area (Å²) in [7, 11) is 0. The molecule has 1 aliphatic heterocycles. The molecule has 3 nitrogen and oxygen atoms in total. The Morgan fingerprint density at radius 2 is 1.70 bits per heavy atom. The summed E-state index contributed by atoms with van der Waals surface area (Å²) >= 11 is 0. The average molecular weight is 370 g/mol. The third-order valence-corrected chi connectivity index (χ3v) is 5.88. The normalized spacial score (nSPS) is 20.4. The molecule has 5 heteroatoms. The summed E-state index contributed by atoms with van der Waals surface area (Å²) in [5, 5.41) is 2.97. The van der Waals surface area contributed by atoms with Gasteiger partial charge in [0.1, 0.15) is 11.6 Å². The number of likely N-dealkylation sites (tertiary alicyclic amines) is 1. The summed E-state index contributed by atoms with van der Waals surface area (Å²) in [6.45, 7) is 2.14. The van der Waals surface area contributed by atoms with Gasteiger partial charge in [0.05, 0.1) is 0 Å². The van der Waals surface area contributed by atoms with E-state index < -0.39 is 0 Å². The highest BCUT2D eigenvalue weighted by molar-refractivity contribution is 5.78. The molecular weight excluding hydrogens is 346 g/mol. The molecule has 1 N–H and O–H groups in total. The molecule has 27 heavy (non-hydrogen) atoms. The smallest absolute Gasteiger partial charge is 0.223 e. The van der Waals surface area contributed by atoms with Crippen LogP contribution in [0.25, 0.3) is 0 Å². The molecule has 0 aromatic heterocycles. The van der Waals surface area contributed by atoms with Gasteiger partial charge < -0.3 is 5.32 Å². The fraction of sp³-hybridized carbons (Fsp3) is 0.409. The fourth-order valence-corrected chi connectivity index (χ4v) is 4.34. The van der Waals surface area contributed by atoms with Crippen molar-refractivity contribution >= 4 is 5.91 Å². The molecule has 1 saturated heterocycles. The van der Waals surface area contributed by atoms with Crippen molar-refractivity contribution in [2.75, 3.05) is 13.1 Å². The zero-order valence-corrected chi connectivity index (χ0v) is 15.3. The Morgan fingerprint density at radius 1 is 1.00 bits per heavy atom. The van der Waals surface area contributed by atoms with E-state index in [9.17, 15) is 13.6 Å². The number of carbonyl (C=O) groups is 1. The van der Waals surface area contributed by atoms with Gasteiger partial charge in [-0.3, -0.25) is 9.69 Å². The van der Waals surface area contributed by atoms with Crippen LogP contribution in [0.4, 0.5) is 8.78 Å². The number of nitrogens with one attached hydrogen (secondary N) is 1. The van der Waals surface area contributed by atoms with Crippen LogP contribution in [0.15, 0.2) is 42.5 Å². The minimum absolute atomic E-state index is 0.00933. The molecule has 0 bridgehead atoms. The molecule has 0 spiro atoms. The van der Waals surface area contributed by atoms with Gasteiger partial charge in [-0.2, -0.15) is 0 Å². The molecular formula is C22H24F2N2O. The Morgan fingerprint density at radius 3 is 2.44 bits per heavy atom. The zero-order valence-electron chi connectivity index (χ0n) is 15.3. The lowest BCUT2D eigenvalue weighted by Crippen LogP contribution is -2.41. The number of fused-ring (bicyclic) bond motifs is 1. The van der Waals surface area contributed by atoms with Crippen LogP contribution in [0.1, 0.15) is 42.0 Å². The second-order valence-electron chi connectivity index (χ2n) is 7.55. The van der Waals surface area contributed by atoms with Gasteiger partial charge in [0.25, 0.3) is 0 Å². The van der Waals surface area contributed by atoms with Gasteiger partial charge in [0.2, 0.25) is 5.91 Å². The van der Waals surface area contributed by atoms with Gasteiger partial charge in [0.15, 0.2) is 0 Å². The van der Waals surface area contributed by atoms with Gasteiger partial charge in [-0.15, -0.1) is 0 Å². The molecule has 2 aromatic rings. The third kappa shape index (κ3) is 4.03. The van der Waals surface area contributed by atoms with Crippen LogP contribution in [0, 0.1) is 17.6 Å². The Bertz CT molecular complexity index is 814. The topological polar surface area (TPSA) is 32.3 Å². The van der Waals surface area contributed by atoms with E-state index in [0.717, 1.165) is 49.9 Å². The van der Waals surface area contributed by atoms with Crippen molar-refractivity contribution in [1.82, 2.24) is 10.2 Å². The third-order valence-electron chi connectivity index (χ3n) is 5.88. The van der Waals surface area contributed by atoms with Crippen molar-refractivity contribution < 1.29 is 13.6 Å². The first-order chi connectivity index (χ1) is 13.1. The molecule has 4 rings (SSSR count). The lowest BCUT2D eigenvalue weighted by atomic mass is 9.93. The Hall–Kier alpha value is -2.27. The second kappa shape index (κ2) is 7.77. The molecule has 1 aliphatic carbocycles. The van der Waals surface area contributed by atoms with Crippen molar-refractivity contribution in [3.63, 3.8) is 0 Å². The van der Waals surface area contributed by atoms with Crippen molar-refractivity contribution in [3.05, 3.63) is 70.8 Å². The molecule has 1 heterocycles. The zero-order chi connectivity index (χ0) is 18.8. The number of amides is 1. The van der Waals surface area contributed by atoms with Crippen LogP contribution in [-0.4, -0.2) is 23.9 Å². The van der Waals surface area contributed by atoms with E-state index in [0.29, 0.717) is 6.54 Å². The van der Waals surface area contributed by atoms with E-state index in [4.69, 9.17) is 0 Å². The molecule has 2 aromatic carbocycles. The van der Waals surface area contributed by atoms with E-state index in [1.54, 1.807) is 24.3 Å². The SMILES string of the molecule is O=C(NCc1ccc(F)cc1)C1CCN(C2CCc3ccc(F)cc32)CC1. The number of piperidine rings is 1. The Balaban J connectivity index is 1.30. The van der Waals surface area contributed by atoms with Gasteiger partial charge in [-0.05, 0) is 79.7 Å². The Labute approximate surface area is 158 Å². The summed E-state index contributed by atoms with van der Waals surface area (Å²) in [6, 6.07) is 11.6. The molecule has 142 valence electrons. The highest BCUT2D eigenvalue weighted by Gasteiger charge is 2.32. The summed E-state index contributed by atoms with van der Waals surface area (Å²) in [4.78, 5) is 14.9. The highest BCUT2D eigenvalue weighted by atomic mass is 19.1. The number of benzene rings is 2. The van der Waals surface area contributed by atoms with Crippen molar-refractivity contribution in [1.29, 1.82) is 0 Å². The number of nitrogens with zero attached hydrogens (tertiary/aromatic N) is 1. The van der Waals surface area contributed by atoms with Crippen molar-refractivity contribution in [2.45, 2.75) is 38.3 Å². The van der Waals surface area contributed by atoms with E-state index >= 15 is 0 Å². The molecule has 1 fully saturated rings. The quantitative estimate of drug-likeness (QED) is 0.883. The highest BCUT2D eigenvalue weighted by Crippen LogP contribution is 2.38. The van der Waals surface area contributed by atoms with Gasteiger partial charge >= 0.3 is 0 Å². The molecule has 1 atom stereocenters. The van der Waals surface area contributed by atoms with Crippen LogP contribution >= 0.6 is 0 Å². The van der Waals surface area contributed by atoms with Crippen LogP contribution in [0.5, 0.6) is 0 Å². The lowest BCUT2D eigenvalue weighted by molar-refractivity contribution is -0.126.